The van der Waals surface area contributed by atoms with Gasteiger partial charge < -0.3 is 24.5 Å². The van der Waals surface area contributed by atoms with Gasteiger partial charge in [0.2, 0.25) is 5.91 Å². The molecular formula is C21H24N2O7. The first-order valence-electron chi connectivity index (χ1n) is 9.83. The van der Waals surface area contributed by atoms with E-state index in [-0.39, 0.29) is 11.5 Å². The minimum Gasteiger partial charge on any atom is -0.482 e. The quantitative estimate of drug-likeness (QED) is 0.483. The topological polar surface area (TPSA) is 124 Å². The SMILES string of the molecule is CCNC(=O)[C@@H](C)NC(=O)COC(=O)COc1ccc2c3c(c(=O)oc2c1)CCC3. The first kappa shape index (κ1) is 21.4. The van der Waals surface area contributed by atoms with Gasteiger partial charge in [-0.25, -0.2) is 9.59 Å². The van der Waals surface area contributed by atoms with Crippen molar-refractivity contribution in [3.63, 3.8) is 0 Å². The number of likely N-dealkylation sites (N-methyl/N-ethyl adjacent to an activating group) is 1. The molecule has 0 saturated carbocycles. The number of esters is 1. The van der Waals surface area contributed by atoms with Crippen molar-refractivity contribution < 1.29 is 28.3 Å². The molecule has 0 aliphatic heterocycles. The summed E-state index contributed by atoms with van der Waals surface area (Å²) in [5.41, 5.74) is 1.82. The third kappa shape index (κ3) is 4.97. The molecule has 1 aromatic carbocycles. The van der Waals surface area contributed by atoms with Crippen LogP contribution in [-0.2, 0) is 32.0 Å². The second kappa shape index (κ2) is 9.43. The third-order valence-corrected chi connectivity index (χ3v) is 4.79. The normalized spacial score (nSPS) is 13.4. The van der Waals surface area contributed by atoms with E-state index in [0.29, 0.717) is 17.9 Å². The Kier molecular flexibility index (Phi) is 6.71. The maximum atomic E-state index is 12.1. The highest BCUT2D eigenvalue weighted by atomic mass is 16.6. The smallest absolute Gasteiger partial charge is 0.344 e. The zero-order valence-electron chi connectivity index (χ0n) is 16.9. The van der Waals surface area contributed by atoms with Crippen molar-refractivity contribution in [1.82, 2.24) is 10.6 Å². The predicted molar refractivity (Wildman–Crippen MR) is 107 cm³/mol. The van der Waals surface area contributed by atoms with Gasteiger partial charge in [-0.1, -0.05) is 0 Å². The van der Waals surface area contributed by atoms with Crippen LogP contribution in [0, 0.1) is 0 Å². The van der Waals surface area contributed by atoms with E-state index in [1.807, 2.05) is 0 Å². The maximum Gasteiger partial charge on any atom is 0.344 e. The van der Waals surface area contributed by atoms with E-state index in [0.717, 1.165) is 35.8 Å². The second-order valence-corrected chi connectivity index (χ2v) is 6.99. The summed E-state index contributed by atoms with van der Waals surface area (Å²) in [6.07, 6.45) is 2.50. The van der Waals surface area contributed by atoms with Gasteiger partial charge in [-0.05, 0) is 50.8 Å². The predicted octanol–water partition coefficient (Wildman–Crippen LogP) is 0.845. The molecule has 1 aromatic heterocycles. The number of aryl methyl sites for hydroxylation is 1. The van der Waals surface area contributed by atoms with Crippen LogP contribution in [-0.4, -0.2) is 43.6 Å². The molecule has 1 aliphatic rings. The molecule has 0 bridgehead atoms. The van der Waals surface area contributed by atoms with Crippen LogP contribution in [0.3, 0.4) is 0 Å². The number of amides is 2. The van der Waals surface area contributed by atoms with E-state index in [9.17, 15) is 19.2 Å². The molecule has 0 saturated heterocycles. The van der Waals surface area contributed by atoms with E-state index in [4.69, 9.17) is 13.9 Å². The molecule has 2 aromatic rings. The van der Waals surface area contributed by atoms with Gasteiger partial charge in [-0.15, -0.1) is 0 Å². The van der Waals surface area contributed by atoms with E-state index in [2.05, 4.69) is 10.6 Å². The van der Waals surface area contributed by atoms with Crippen LogP contribution in [0.2, 0.25) is 0 Å². The van der Waals surface area contributed by atoms with Crippen molar-refractivity contribution in [2.75, 3.05) is 19.8 Å². The fourth-order valence-electron chi connectivity index (χ4n) is 3.36. The summed E-state index contributed by atoms with van der Waals surface area (Å²) in [6.45, 7) is 2.81. The number of carbonyl (C=O) groups is 3. The monoisotopic (exact) mass is 416 g/mol. The molecule has 30 heavy (non-hydrogen) atoms. The lowest BCUT2D eigenvalue weighted by Gasteiger charge is -2.13. The summed E-state index contributed by atoms with van der Waals surface area (Å²) < 4.78 is 15.6. The minimum absolute atomic E-state index is 0.325. The molecule has 2 N–H and O–H groups in total. The fourth-order valence-corrected chi connectivity index (χ4v) is 3.36. The number of rotatable bonds is 8. The number of hydrogen-bond acceptors (Lipinski definition) is 7. The van der Waals surface area contributed by atoms with Crippen LogP contribution < -0.4 is 21.0 Å². The van der Waals surface area contributed by atoms with Gasteiger partial charge in [0.25, 0.3) is 5.91 Å². The average Bonchev–Trinajstić information content (AvgIpc) is 3.21. The summed E-state index contributed by atoms with van der Waals surface area (Å²) >= 11 is 0. The van der Waals surface area contributed by atoms with E-state index < -0.39 is 31.1 Å². The number of benzene rings is 1. The molecule has 1 atom stereocenters. The number of hydrogen-bond donors (Lipinski definition) is 2. The Morgan fingerprint density at radius 3 is 2.70 bits per heavy atom. The third-order valence-electron chi connectivity index (χ3n) is 4.79. The summed E-state index contributed by atoms with van der Waals surface area (Å²) in [4.78, 5) is 47.2. The van der Waals surface area contributed by atoms with Crippen LogP contribution in [0.4, 0.5) is 0 Å². The lowest BCUT2D eigenvalue weighted by atomic mass is 10.1. The molecule has 9 heteroatoms. The summed E-state index contributed by atoms with van der Waals surface area (Å²) in [5, 5.41) is 5.87. The van der Waals surface area contributed by atoms with E-state index in [1.165, 1.54) is 6.92 Å². The van der Waals surface area contributed by atoms with Crippen LogP contribution >= 0.6 is 0 Å². The van der Waals surface area contributed by atoms with Crippen molar-refractivity contribution in [3.05, 3.63) is 39.7 Å². The second-order valence-electron chi connectivity index (χ2n) is 6.99. The highest BCUT2D eigenvalue weighted by Crippen LogP contribution is 2.29. The van der Waals surface area contributed by atoms with Gasteiger partial charge in [0.15, 0.2) is 13.2 Å². The van der Waals surface area contributed by atoms with Crippen LogP contribution in [0.25, 0.3) is 11.0 Å². The largest absolute Gasteiger partial charge is 0.482 e. The average molecular weight is 416 g/mol. The summed E-state index contributed by atoms with van der Waals surface area (Å²) in [6, 6.07) is 4.32. The molecule has 1 heterocycles. The number of fused-ring (bicyclic) bond motifs is 3. The molecule has 0 unspecified atom stereocenters. The highest BCUT2D eigenvalue weighted by Gasteiger charge is 2.20. The molecule has 160 valence electrons. The molecule has 9 nitrogen and oxygen atoms in total. The van der Waals surface area contributed by atoms with Crippen molar-refractivity contribution in [1.29, 1.82) is 0 Å². The summed E-state index contributed by atoms with van der Waals surface area (Å²) in [7, 11) is 0. The highest BCUT2D eigenvalue weighted by molar-refractivity contribution is 5.88. The maximum absolute atomic E-state index is 12.1. The molecule has 3 rings (SSSR count). The van der Waals surface area contributed by atoms with Gasteiger partial charge in [0.05, 0.1) is 0 Å². The van der Waals surface area contributed by atoms with Crippen molar-refractivity contribution in [3.8, 4) is 5.75 Å². The Morgan fingerprint density at radius 1 is 1.17 bits per heavy atom. The van der Waals surface area contributed by atoms with Crippen molar-refractivity contribution in [2.24, 2.45) is 0 Å². The zero-order valence-corrected chi connectivity index (χ0v) is 16.9. The Balaban J connectivity index is 1.51. The fraction of sp³-hybridized carbons (Fsp3) is 0.429. The lowest BCUT2D eigenvalue weighted by molar-refractivity contribution is -0.150. The number of carbonyl (C=O) groups excluding carboxylic acids is 3. The van der Waals surface area contributed by atoms with E-state index >= 15 is 0 Å². The van der Waals surface area contributed by atoms with Crippen LogP contribution in [0.15, 0.2) is 27.4 Å². The van der Waals surface area contributed by atoms with Crippen molar-refractivity contribution in [2.45, 2.75) is 39.2 Å². The Morgan fingerprint density at radius 2 is 1.93 bits per heavy atom. The Hall–Kier alpha value is -3.36. The molecule has 2 amide bonds. The number of ether oxygens (including phenoxy) is 2. The van der Waals surface area contributed by atoms with E-state index in [1.54, 1.807) is 25.1 Å². The molecule has 0 spiro atoms. The Labute approximate surface area is 172 Å². The van der Waals surface area contributed by atoms with Gasteiger partial charge >= 0.3 is 11.6 Å². The minimum atomic E-state index is -0.744. The first-order chi connectivity index (χ1) is 14.4. The van der Waals surface area contributed by atoms with Crippen LogP contribution in [0.1, 0.15) is 31.4 Å². The summed E-state index contributed by atoms with van der Waals surface area (Å²) in [5.74, 6) is -1.32. The van der Waals surface area contributed by atoms with Gasteiger partial charge in [-0.3, -0.25) is 9.59 Å². The molecule has 1 aliphatic carbocycles. The standard InChI is InChI=1S/C21H24N2O7/c1-3-22-20(26)12(2)23-18(24)10-29-19(25)11-28-13-7-8-15-14-5-4-6-16(14)21(27)30-17(15)9-13/h7-9,12H,3-6,10-11H2,1-2H3,(H,22,26)(H,23,24)/t12-/m1/s1. The lowest BCUT2D eigenvalue weighted by Crippen LogP contribution is -2.46. The van der Waals surface area contributed by atoms with Gasteiger partial charge in [0.1, 0.15) is 17.4 Å². The zero-order chi connectivity index (χ0) is 21.7. The molecular weight excluding hydrogens is 392 g/mol. The van der Waals surface area contributed by atoms with Crippen molar-refractivity contribution >= 4 is 28.8 Å². The van der Waals surface area contributed by atoms with Gasteiger partial charge in [0, 0.05) is 23.6 Å². The molecule has 0 fully saturated rings. The van der Waals surface area contributed by atoms with Gasteiger partial charge in [-0.2, -0.15) is 0 Å². The van der Waals surface area contributed by atoms with Crippen LogP contribution in [0.5, 0.6) is 5.75 Å². The molecule has 0 radical (unpaired) electrons. The number of nitrogens with one attached hydrogen (secondary N) is 2. The first-order valence-corrected chi connectivity index (χ1v) is 9.83. The Bertz CT molecular complexity index is 1030.